The minimum Gasteiger partial charge on any atom is -0.424 e. The first-order valence-electron chi connectivity index (χ1n) is 11.4. The van der Waals surface area contributed by atoms with Crippen LogP contribution < -0.4 is 15.0 Å². The minimum atomic E-state index is -0.504. The standard InChI is InChI=1S/C23H27ClFN7O2/c1-14-9-20(27-13-26-14)31-11-15-3-4-16(12-31)21(15)28-22-29-23(32(30-22)7-8-33-2)34-17-5-6-19(25)18(24)10-17/h5-6,9-10,13,15-16,21H,3-4,7-8,11-12H2,1-2H3,(H,28,30)/t15-,16+,21+. The van der Waals surface area contributed by atoms with E-state index in [4.69, 9.17) is 21.1 Å². The van der Waals surface area contributed by atoms with Crippen molar-refractivity contribution in [2.45, 2.75) is 32.4 Å². The Balaban J connectivity index is 1.31. The zero-order valence-corrected chi connectivity index (χ0v) is 19.9. The number of anilines is 2. The average molecular weight is 488 g/mol. The number of ether oxygens (including phenoxy) is 2. The Labute approximate surface area is 202 Å². The van der Waals surface area contributed by atoms with Gasteiger partial charge in [-0.2, -0.15) is 4.98 Å². The fraction of sp³-hybridized carbons (Fsp3) is 0.478. The van der Waals surface area contributed by atoms with E-state index in [0.29, 0.717) is 42.7 Å². The van der Waals surface area contributed by atoms with Crippen molar-refractivity contribution in [2.24, 2.45) is 11.8 Å². The molecule has 3 atom stereocenters. The number of aryl methyl sites for hydroxylation is 1. The van der Waals surface area contributed by atoms with E-state index in [0.717, 1.165) is 37.4 Å². The van der Waals surface area contributed by atoms with Crippen molar-refractivity contribution in [3.8, 4) is 11.8 Å². The van der Waals surface area contributed by atoms with Gasteiger partial charge in [-0.15, -0.1) is 5.10 Å². The number of piperidine rings is 1. The van der Waals surface area contributed by atoms with Crippen molar-refractivity contribution in [3.63, 3.8) is 0 Å². The summed E-state index contributed by atoms with van der Waals surface area (Å²) < 4.78 is 26.3. The largest absolute Gasteiger partial charge is 0.424 e. The monoisotopic (exact) mass is 487 g/mol. The van der Waals surface area contributed by atoms with Crippen molar-refractivity contribution in [1.29, 1.82) is 0 Å². The number of benzene rings is 1. The maximum atomic E-state index is 13.5. The molecule has 2 aliphatic rings. The molecule has 0 amide bonds. The molecule has 2 aromatic heterocycles. The highest BCUT2D eigenvalue weighted by molar-refractivity contribution is 6.30. The van der Waals surface area contributed by atoms with E-state index in [1.165, 1.54) is 18.2 Å². The molecule has 3 aromatic rings. The molecule has 34 heavy (non-hydrogen) atoms. The van der Waals surface area contributed by atoms with E-state index in [9.17, 15) is 4.39 Å². The van der Waals surface area contributed by atoms with Crippen LogP contribution in [0.4, 0.5) is 16.2 Å². The van der Waals surface area contributed by atoms with Crippen LogP contribution in [0.5, 0.6) is 11.8 Å². The van der Waals surface area contributed by atoms with Crippen LogP contribution in [0.2, 0.25) is 5.02 Å². The van der Waals surface area contributed by atoms with Crippen LogP contribution in [0, 0.1) is 24.6 Å². The molecular formula is C23H27ClFN7O2. The first-order chi connectivity index (χ1) is 16.5. The number of nitrogens with zero attached hydrogens (tertiary/aromatic N) is 6. The lowest BCUT2D eigenvalue weighted by molar-refractivity contribution is 0.179. The first-order valence-corrected chi connectivity index (χ1v) is 11.7. The number of hydrogen-bond donors (Lipinski definition) is 1. The summed E-state index contributed by atoms with van der Waals surface area (Å²) in [6.07, 6.45) is 3.92. The number of rotatable bonds is 8. The maximum Gasteiger partial charge on any atom is 0.322 e. The molecule has 1 aliphatic heterocycles. The fourth-order valence-electron chi connectivity index (χ4n) is 4.84. The second-order valence-electron chi connectivity index (χ2n) is 8.80. The van der Waals surface area contributed by atoms with Crippen molar-refractivity contribution >= 4 is 23.4 Å². The van der Waals surface area contributed by atoms with Gasteiger partial charge in [0.25, 0.3) is 0 Å². The van der Waals surface area contributed by atoms with Crippen LogP contribution in [-0.4, -0.2) is 57.6 Å². The predicted molar refractivity (Wildman–Crippen MR) is 126 cm³/mol. The molecule has 1 aliphatic carbocycles. The summed E-state index contributed by atoms with van der Waals surface area (Å²) in [5.41, 5.74) is 0.971. The van der Waals surface area contributed by atoms with Gasteiger partial charge in [-0.3, -0.25) is 0 Å². The zero-order valence-electron chi connectivity index (χ0n) is 19.1. The van der Waals surface area contributed by atoms with Crippen LogP contribution in [0.15, 0.2) is 30.6 Å². The van der Waals surface area contributed by atoms with Gasteiger partial charge in [0.05, 0.1) is 18.2 Å². The molecule has 2 bridgehead atoms. The fourth-order valence-corrected chi connectivity index (χ4v) is 5.01. The van der Waals surface area contributed by atoms with Crippen LogP contribution in [0.25, 0.3) is 0 Å². The van der Waals surface area contributed by atoms with Gasteiger partial charge in [-0.1, -0.05) is 11.6 Å². The van der Waals surface area contributed by atoms with Gasteiger partial charge in [0, 0.05) is 44.1 Å². The highest BCUT2D eigenvalue weighted by atomic mass is 35.5. The first kappa shape index (κ1) is 22.8. The van der Waals surface area contributed by atoms with E-state index < -0.39 is 5.82 Å². The van der Waals surface area contributed by atoms with Gasteiger partial charge in [-0.25, -0.2) is 19.0 Å². The number of fused-ring (bicyclic) bond motifs is 2. The third-order valence-electron chi connectivity index (χ3n) is 6.49. The van der Waals surface area contributed by atoms with Crippen LogP contribution in [-0.2, 0) is 11.3 Å². The molecule has 1 N–H and O–H groups in total. The molecular weight excluding hydrogens is 461 g/mol. The van der Waals surface area contributed by atoms with Gasteiger partial charge in [-0.05, 0) is 43.7 Å². The molecule has 9 nitrogen and oxygen atoms in total. The molecule has 3 heterocycles. The summed E-state index contributed by atoms with van der Waals surface area (Å²) >= 11 is 5.90. The predicted octanol–water partition coefficient (Wildman–Crippen LogP) is 3.93. The molecule has 2 fully saturated rings. The van der Waals surface area contributed by atoms with E-state index >= 15 is 0 Å². The topological polar surface area (TPSA) is 90.2 Å². The SMILES string of the molecule is COCCn1nc(N[C@H]2[C@@H]3CC[C@H]2CN(c2cc(C)ncn2)C3)nc1Oc1ccc(F)c(Cl)c1. The Hall–Kier alpha value is -2.98. The summed E-state index contributed by atoms with van der Waals surface area (Å²) in [7, 11) is 1.63. The summed E-state index contributed by atoms with van der Waals surface area (Å²) in [5, 5.41) is 8.16. The average Bonchev–Trinajstić information content (AvgIpc) is 3.29. The minimum absolute atomic E-state index is 0.0129. The molecule has 180 valence electrons. The number of hydrogen-bond acceptors (Lipinski definition) is 8. The zero-order chi connectivity index (χ0) is 23.7. The highest BCUT2D eigenvalue weighted by Crippen LogP contribution is 2.40. The Morgan fingerprint density at radius 3 is 2.68 bits per heavy atom. The van der Waals surface area contributed by atoms with Gasteiger partial charge >= 0.3 is 6.01 Å². The second kappa shape index (κ2) is 9.71. The van der Waals surface area contributed by atoms with Crippen LogP contribution in [0.1, 0.15) is 18.5 Å². The third-order valence-corrected chi connectivity index (χ3v) is 6.78. The highest BCUT2D eigenvalue weighted by Gasteiger charge is 2.43. The quantitative estimate of drug-likeness (QED) is 0.511. The Morgan fingerprint density at radius 2 is 1.97 bits per heavy atom. The molecule has 1 aromatic carbocycles. The Kier molecular flexibility index (Phi) is 6.51. The maximum absolute atomic E-state index is 13.5. The number of methoxy groups -OCH3 is 1. The Morgan fingerprint density at radius 1 is 1.18 bits per heavy atom. The second-order valence-corrected chi connectivity index (χ2v) is 9.21. The number of halogens is 2. The lowest BCUT2D eigenvalue weighted by Crippen LogP contribution is -2.48. The molecule has 0 spiro atoms. The summed E-state index contributed by atoms with van der Waals surface area (Å²) in [5.74, 6) is 2.29. The molecule has 5 rings (SSSR count). The van der Waals surface area contributed by atoms with Crippen molar-refractivity contribution < 1.29 is 13.9 Å². The van der Waals surface area contributed by atoms with E-state index in [1.54, 1.807) is 18.1 Å². The van der Waals surface area contributed by atoms with Crippen LogP contribution >= 0.6 is 11.6 Å². The van der Waals surface area contributed by atoms with E-state index in [1.807, 2.05) is 13.0 Å². The van der Waals surface area contributed by atoms with Gasteiger partial charge in [0.2, 0.25) is 5.95 Å². The molecule has 1 saturated heterocycles. The molecule has 11 heteroatoms. The smallest absolute Gasteiger partial charge is 0.322 e. The normalized spacial score (nSPS) is 21.6. The van der Waals surface area contributed by atoms with E-state index in [2.05, 4.69) is 30.3 Å². The molecule has 0 unspecified atom stereocenters. The Bertz CT molecular complexity index is 1150. The van der Waals surface area contributed by atoms with Gasteiger partial charge in [0.1, 0.15) is 23.7 Å². The van der Waals surface area contributed by atoms with Gasteiger partial charge in [0.15, 0.2) is 0 Å². The van der Waals surface area contributed by atoms with Gasteiger partial charge < -0.3 is 19.7 Å². The van der Waals surface area contributed by atoms with Crippen molar-refractivity contribution in [2.75, 3.05) is 37.0 Å². The third kappa shape index (κ3) is 4.78. The lowest BCUT2D eigenvalue weighted by Gasteiger charge is -2.38. The van der Waals surface area contributed by atoms with Crippen LogP contribution in [0.3, 0.4) is 0 Å². The van der Waals surface area contributed by atoms with Crippen molar-refractivity contribution in [3.05, 3.63) is 47.1 Å². The number of aromatic nitrogens is 5. The number of nitrogens with one attached hydrogen (secondary N) is 1. The summed E-state index contributed by atoms with van der Waals surface area (Å²) in [6.45, 7) is 4.75. The molecule has 0 radical (unpaired) electrons. The van der Waals surface area contributed by atoms with E-state index in [-0.39, 0.29) is 11.1 Å². The molecule has 1 saturated carbocycles. The summed E-state index contributed by atoms with van der Waals surface area (Å²) in [6, 6.07) is 6.79. The summed E-state index contributed by atoms with van der Waals surface area (Å²) in [4.78, 5) is 15.6. The lowest BCUT2D eigenvalue weighted by atomic mass is 9.92. The van der Waals surface area contributed by atoms with Crippen molar-refractivity contribution in [1.82, 2.24) is 24.7 Å².